The van der Waals surface area contributed by atoms with E-state index in [2.05, 4.69) is 11.2 Å². The van der Waals surface area contributed by atoms with Crippen LogP contribution in [-0.4, -0.2) is 12.7 Å². The summed E-state index contributed by atoms with van der Waals surface area (Å²) in [7, 11) is 0. The van der Waals surface area contributed by atoms with Crippen LogP contribution in [0.25, 0.3) is 0 Å². The SMILES string of the molecule is C#CCCC(=O)Nc1ccc2c(c1)OCO2. The van der Waals surface area contributed by atoms with Gasteiger partial charge in [-0.05, 0) is 12.1 Å². The maximum Gasteiger partial charge on any atom is 0.231 e. The number of fused-ring (bicyclic) bond motifs is 1. The van der Waals surface area contributed by atoms with Crippen molar-refractivity contribution < 1.29 is 14.3 Å². The molecule has 1 amide bonds. The van der Waals surface area contributed by atoms with E-state index in [4.69, 9.17) is 15.9 Å². The first-order chi connectivity index (χ1) is 7.79. The summed E-state index contributed by atoms with van der Waals surface area (Å²) in [5, 5.41) is 2.74. The smallest absolute Gasteiger partial charge is 0.231 e. The summed E-state index contributed by atoms with van der Waals surface area (Å²) in [6.45, 7) is 0.226. The number of amides is 1. The molecule has 0 unspecified atom stereocenters. The van der Waals surface area contributed by atoms with Crippen molar-refractivity contribution >= 4 is 11.6 Å². The van der Waals surface area contributed by atoms with Crippen molar-refractivity contribution in [1.29, 1.82) is 0 Å². The third kappa shape index (κ3) is 2.26. The normalized spacial score (nSPS) is 11.9. The first-order valence-corrected chi connectivity index (χ1v) is 4.92. The van der Waals surface area contributed by atoms with Crippen LogP contribution in [-0.2, 0) is 4.79 Å². The van der Waals surface area contributed by atoms with E-state index in [1.165, 1.54) is 0 Å². The molecular formula is C12H11NO3. The van der Waals surface area contributed by atoms with Gasteiger partial charge in [-0.15, -0.1) is 12.3 Å². The molecule has 4 heteroatoms. The van der Waals surface area contributed by atoms with Crippen LogP contribution in [0.1, 0.15) is 12.8 Å². The lowest BCUT2D eigenvalue weighted by Crippen LogP contribution is -2.10. The molecule has 0 bridgehead atoms. The summed E-state index contributed by atoms with van der Waals surface area (Å²) in [6, 6.07) is 5.26. The molecule has 0 radical (unpaired) electrons. The lowest BCUT2D eigenvalue weighted by molar-refractivity contribution is -0.116. The molecule has 0 atom stereocenters. The third-order valence-electron chi connectivity index (χ3n) is 2.15. The van der Waals surface area contributed by atoms with Gasteiger partial charge in [-0.25, -0.2) is 0 Å². The number of anilines is 1. The number of carbonyl (C=O) groups excluding carboxylic acids is 1. The van der Waals surface area contributed by atoms with Crippen LogP contribution < -0.4 is 14.8 Å². The van der Waals surface area contributed by atoms with Crippen molar-refractivity contribution in [2.75, 3.05) is 12.1 Å². The molecule has 1 heterocycles. The van der Waals surface area contributed by atoms with Crippen LogP contribution in [0.4, 0.5) is 5.69 Å². The summed E-state index contributed by atoms with van der Waals surface area (Å²) in [5.41, 5.74) is 0.686. The van der Waals surface area contributed by atoms with Gasteiger partial charge in [-0.1, -0.05) is 0 Å². The molecule has 82 valence electrons. The highest BCUT2D eigenvalue weighted by Crippen LogP contribution is 2.34. The van der Waals surface area contributed by atoms with Crippen molar-refractivity contribution in [3.05, 3.63) is 18.2 Å². The van der Waals surface area contributed by atoms with Gasteiger partial charge >= 0.3 is 0 Å². The second kappa shape index (κ2) is 4.58. The first-order valence-electron chi connectivity index (χ1n) is 4.92. The molecule has 1 N–H and O–H groups in total. The Bertz CT molecular complexity index is 448. The number of hydrogen-bond acceptors (Lipinski definition) is 3. The van der Waals surface area contributed by atoms with E-state index in [1.807, 2.05) is 0 Å². The zero-order valence-electron chi connectivity index (χ0n) is 8.66. The highest BCUT2D eigenvalue weighted by atomic mass is 16.7. The van der Waals surface area contributed by atoms with Gasteiger partial charge in [0.25, 0.3) is 0 Å². The monoisotopic (exact) mass is 217 g/mol. The molecule has 2 rings (SSSR count). The maximum atomic E-state index is 11.4. The molecule has 1 aliphatic rings. The Hall–Kier alpha value is -2.15. The molecule has 0 aliphatic carbocycles. The van der Waals surface area contributed by atoms with Crippen molar-refractivity contribution in [3.8, 4) is 23.8 Å². The van der Waals surface area contributed by atoms with Gasteiger partial charge < -0.3 is 14.8 Å². The summed E-state index contributed by atoms with van der Waals surface area (Å²) < 4.78 is 10.4. The second-order valence-corrected chi connectivity index (χ2v) is 3.32. The molecular weight excluding hydrogens is 206 g/mol. The van der Waals surface area contributed by atoms with Crippen molar-refractivity contribution in [2.24, 2.45) is 0 Å². The molecule has 0 saturated carbocycles. The fourth-order valence-corrected chi connectivity index (χ4v) is 1.38. The van der Waals surface area contributed by atoms with Crippen LogP contribution in [0.15, 0.2) is 18.2 Å². The molecule has 1 aliphatic heterocycles. The highest BCUT2D eigenvalue weighted by molar-refractivity contribution is 5.91. The topological polar surface area (TPSA) is 47.6 Å². The minimum atomic E-state index is -0.100. The largest absolute Gasteiger partial charge is 0.454 e. The predicted molar refractivity (Wildman–Crippen MR) is 59.3 cm³/mol. The van der Waals surface area contributed by atoms with Crippen LogP contribution in [0.2, 0.25) is 0 Å². The molecule has 0 spiro atoms. The number of hydrogen-bond donors (Lipinski definition) is 1. The van der Waals surface area contributed by atoms with E-state index in [0.29, 0.717) is 30.0 Å². The molecule has 1 aromatic rings. The van der Waals surface area contributed by atoms with E-state index in [9.17, 15) is 4.79 Å². The molecule has 0 fully saturated rings. The van der Waals surface area contributed by atoms with Gasteiger partial charge in [0, 0.05) is 24.6 Å². The molecule has 0 aromatic heterocycles. The number of rotatable bonds is 3. The van der Waals surface area contributed by atoms with Gasteiger partial charge in [0.05, 0.1) is 0 Å². The lowest BCUT2D eigenvalue weighted by atomic mass is 10.2. The first kappa shape index (κ1) is 10.4. The summed E-state index contributed by atoms with van der Waals surface area (Å²) in [4.78, 5) is 11.4. The molecule has 4 nitrogen and oxygen atoms in total. The zero-order chi connectivity index (χ0) is 11.4. The Labute approximate surface area is 93.6 Å². The van der Waals surface area contributed by atoms with Crippen molar-refractivity contribution in [2.45, 2.75) is 12.8 Å². The number of carbonyl (C=O) groups is 1. The minimum absolute atomic E-state index is 0.100. The lowest BCUT2D eigenvalue weighted by Gasteiger charge is -2.04. The Kier molecular flexibility index (Phi) is 2.97. The fraction of sp³-hybridized carbons (Fsp3) is 0.250. The second-order valence-electron chi connectivity index (χ2n) is 3.32. The number of benzene rings is 1. The number of ether oxygens (including phenoxy) is 2. The Morgan fingerprint density at radius 2 is 2.25 bits per heavy atom. The Morgan fingerprint density at radius 3 is 3.06 bits per heavy atom. The van der Waals surface area contributed by atoms with Gasteiger partial charge in [0.1, 0.15) is 0 Å². The third-order valence-corrected chi connectivity index (χ3v) is 2.15. The van der Waals surface area contributed by atoms with Crippen LogP contribution in [0, 0.1) is 12.3 Å². The molecule has 16 heavy (non-hydrogen) atoms. The van der Waals surface area contributed by atoms with Crippen molar-refractivity contribution in [3.63, 3.8) is 0 Å². The highest BCUT2D eigenvalue weighted by Gasteiger charge is 2.13. The predicted octanol–water partition coefficient (Wildman–Crippen LogP) is 1.77. The van der Waals surface area contributed by atoms with E-state index in [0.717, 1.165) is 0 Å². The zero-order valence-corrected chi connectivity index (χ0v) is 8.66. The summed E-state index contributed by atoms with van der Waals surface area (Å²) in [5.74, 6) is 3.66. The summed E-state index contributed by atoms with van der Waals surface area (Å²) in [6.07, 6.45) is 5.84. The van der Waals surface area contributed by atoms with Crippen molar-refractivity contribution in [1.82, 2.24) is 0 Å². The van der Waals surface area contributed by atoms with Gasteiger partial charge in [0.2, 0.25) is 12.7 Å². The van der Waals surface area contributed by atoms with Crippen LogP contribution >= 0.6 is 0 Å². The summed E-state index contributed by atoms with van der Waals surface area (Å²) >= 11 is 0. The van der Waals surface area contributed by atoms with E-state index in [1.54, 1.807) is 18.2 Å². The standard InChI is InChI=1S/C12H11NO3/c1-2-3-4-12(14)13-9-5-6-10-11(7-9)16-8-15-10/h1,5-7H,3-4,8H2,(H,13,14). The van der Waals surface area contributed by atoms with E-state index in [-0.39, 0.29) is 12.7 Å². The minimum Gasteiger partial charge on any atom is -0.454 e. The molecule has 0 saturated heterocycles. The fourth-order valence-electron chi connectivity index (χ4n) is 1.38. The molecule has 1 aromatic carbocycles. The van der Waals surface area contributed by atoms with Crippen LogP contribution in [0.5, 0.6) is 11.5 Å². The number of nitrogens with one attached hydrogen (secondary N) is 1. The van der Waals surface area contributed by atoms with E-state index >= 15 is 0 Å². The Balaban J connectivity index is 2.00. The average molecular weight is 217 g/mol. The Morgan fingerprint density at radius 1 is 1.44 bits per heavy atom. The quantitative estimate of drug-likeness (QED) is 0.785. The van der Waals surface area contributed by atoms with Crippen LogP contribution in [0.3, 0.4) is 0 Å². The maximum absolute atomic E-state index is 11.4. The van der Waals surface area contributed by atoms with Gasteiger partial charge in [0.15, 0.2) is 11.5 Å². The average Bonchev–Trinajstić information content (AvgIpc) is 2.73. The van der Waals surface area contributed by atoms with E-state index < -0.39 is 0 Å². The number of terminal acetylenes is 1. The van der Waals surface area contributed by atoms with Gasteiger partial charge in [-0.3, -0.25) is 4.79 Å². The van der Waals surface area contributed by atoms with Gasteiger partial charge in [-0.2, -0.15) is 0 Å².